The van der Waals surface area contributed by atoms with E-state index >= 15 is 0 Å². The van der Waals surface area contributed by atoms with Crippen LogP contribution in [0.25, 0.3) is 11.0 Å². The van der Waals surface area contributed by atoms with Crippen molar-refractivity contribution in [3.05, 3.63) is 53.6 Å². The van der Waals surface area contributed by atoms with Gasteiger partial charge in [0.2, 0.25) is 0 Å². The quantitative estimate of drug-likeness (QED) is 0.782. The summed E-state index contributed by atoms with van der Waals surface area (Å²) in [4.78, 5) is 22.0. The van der Waals surface area contributed by atoms with Gasteiger partial charge in [0.15, 0.2) is 17.2 Å². The molecule has 5 nitrogen and oxygen atoms in total. The Morgan fingerprint density at radius 3 is 3.08 bits per heavy atom. The third-order valence-electron chi connectivity index (χ3n) is 4.68. The van der Waals surface area contributed by atoms with E-state index in [9.17, 15) is 9.18 Å². The van der Waals surface area contributed by atoms with Gasteiger partial charge in [-0.15, -0.1) is 0 Å². The molecule has 0 spiro atoms. The molecule has 1 amide bonds. The number of rotatable bonds is 2. The van der Waals surface area contributed by atoms with Gasteiger partial charge in [0.25, 0.3) is 5.91 Å². The Labute approximate surface area is 138 Å². The Balaban J connectivity index is 1.61. The van der Waals surface area contributed by atoms with Crippen molar-refractivity contribution in [2.75, 3.05) is 13.1 Å². The van der Waals surface area contributed by atoms with Gasteiger partial charge in [0, 0.05) is 36.8 Å². The van der Waals surface area contributed by atoms with E-state index in [2.05, 4.69) is 9.97 Å². The Bertz CT molecular complexity index is 846. The van der Waals surface area contributed by atoms with Crippen LogP contribution >= 0.6 is 0 Å². The summed E-state index contributed by atoms with van der Waals surface area (Å²) in [6, 6.07) is 4.70. The number of benzene rings is 1. The average Bonchev–Trinajstić information content (AvgIpc) is 3.27. The molecule has 1 aliphatic heterocycles. The lowest BCUT2D eigenvalue weighted by Gasteiger charge is -2.31. The highest BCUT2D eigenvalue weighted by Crippen LogP contribution is 2.29. The van der Waals surface area contributed by atoms with Gasteiger partial charge in [-0.1, -0.05) is 6.07 Å². The summed E-state index contributed by atoms with van der Waals surface area (Å²) in [7, 11) is 0. The lowest BCUT2D eigenvalue weighted by Crippen LogP contribution is -2.39. The number of carbonyl (C=O) groups excluding carboxylic acids is 1. The van der Waals surface area contributed by atoms with Crippen molar-refractivity contribution in [2.45, 2.75) is 25.7 Å². The lowest BCUT2D eigenvalue weighted by atomic mass is 9.97. The van der Waals surface area contributed by atoms with Crippen LogP contribution in [0.3, 0.4) is 0 Å². The molecule has 1 saturated heterocycles. The molecule has 0 aliphatic carbocycles. The van der Waals surface area contributed by atoms with Gasteiger partial charge in [-0.05, 0) is 37.5 Å². The molecule has 124 valence electrons. The highest BCUT2D eigenvalue weighted by molar-refractivity contribution is 5.97. The first-order valence-electron chi connectivity index (χ1n) is 8.10. The molecule has 1 atom stereocenters. The Morgan fingerprint density at radius 2 is 2.33 bits per heavy atom. The third-order valence-corrected chi connectivity index (χ3v) is 4.68. The minimum absolute atomic E-state index is 0.151. The maximum atomic E-state index is 13.9. The van der Waals surface area contributed by atoms with Gasteiger partial charge in [-0.25, -0.2) is 9.37 Å². The normalized spacial score (nSPS) is 18.2. The summed E-state index contributed by atoms with van der Waals surface area (Å²) < 4.78 is 19.4. The van der Waals surface area contributed by atoms with Gasteiger partial charge < -0.3 is 14.3 Å². The van der Waals surface area contributed by atoms with E-state index in [0.29, 0.717) is 18.5 Å². The molecule has 1 aromatic carbocycles. The van der Waals surface area contributed by atoms with Gasteiger partial charge in [-0.3, -0.25) is 4.79 Å². The van der Waals surface area contributed by atoms with Gasteiger partial charge in [-0.2, -0.15) is 0 Å². The lowest BCUT2D eigenvalue weighted by molar-refractivity contribution is 0.0675. The molecular formula is C18H18FN3O2. The van der Waals surface area contributed by atoms with Crippen molar-refractivity contribution in [1.29, 1.82) is 0 Å². The number of aryl methyl sites for hydroxylation is 1. The molecule has 0 saturated carbocycles. The smallest absolute Gasteiger partial charge is 0.289 e. The number of likely N-dealkylation sites (tertiary alicyclic amines) is 1. The maximum absolute atomic E-state index is 13.9. The SMILES string of the molecule is Cc1ccc(F)c2oc(C(=O)N3CCCC(c4ncc[nH]4)C3)cc12. The molecule has 6 heteroatoms. The number of hydrogen-bond acceptors (Lipinski definition) is 3. The molecule has 24 heavy (non-hydrogen) atoms. The molecule has 0 bridgehead atoms. The topological polar surface area (TPSA) is 62.1 Å². The van der Waals surface area contributed by atoms with E-state index in [-0.39, 0.29) is 23.2 Å². The van der Waals surface area contributed by atoms with Gasteiger partial charge in [0.05, 0.1) is 0 Å². The van der Waals surface area contributed by atoms with E-state index in [1.807, 2.05) is 6.92 Å². The van der Waals surface area contributed by atoms with Crippen LogP contribution in [0, 0.1) is 12.7 Å². The second kappa shape index (κ2) is 5.78. The number of hydrogen-bond donors (Lipinski definition) is 1. The number of carbonyl (C=O) groups is 1. The van der Waals surface area contributed by atoms with Crippen LogP contribution in [0.1, 0.15) is 40.7 Å². The molecule has 3 heterocycles. The molecule has 2 aromatic heterocycles. The fourth-order valence-corrected chi connectivity index (χ4v) is 3.37. The molecule has 4 rings (SSSR count). The summed E-state index contributed by atoms with van der Waals surface area (Å²) in [5, 5.41) is 0.651. The van der Waals surface area contributed by atoms with Crippen LogP contribution in [0.15, 0.2) is 35.0 Å². The zero-order valence-electron chi connectivity index (χ0n) is 13.4. The zero-order chi connectivity index (χ0) is 16.7. The number of aromatic amines is 1. The van der Waals surface area contributed by atoms with Crippen LogP contribution in [0.2, 0.25) is 0 Å². The Hall–Kier alpha value is -2.63. The van der Waals surface area contributed by atoms with Crippen molar-refractivity contribution in [2.24, 2.45) is 0 Å². The number of halogens is 1. The first-order valence-corrected chi connectivity index (χ1v) is 8.10. The van der Waals surface area contributed by atoms with Crippen LogP contribution in [-0.4, -0.2) is 33.9 Å². The van der Waals surface area contributed by atoms with Crippen LogP contribution < -0.4 is 0 Å². The Kier molecular flexibility index (Phi) is 3.59. The predicted molar refractivity (Wildman–Crippen MR) is 87.4 cm³/mol. The summed E-state index contributed by atoms with van der Waals surface area (Å²) in [6.07, 6.45) is 5.41. The molecular weight excluding hydrogens is 309 g/mol. The Morgan fingerprint density at radius 1 is 1.46 bits per heavy atom. The molecule has 3 aromatic rings. The number of furan rings is 1. The molecule has 1 N–H and O–H groups in total. The number of nitrogens with zero attached hydrogens (tertiary/aromatic N) is 2. The van der Waals surface area contributed by atoms with Gasteiger partial charge >= 0.3 is 0 Å². The standard InChI is InChI=1S/C18H18FN3O2/c1-11-4-5-14(19)16-13(11)9-15(24-16)18(23)22-8-2-3-12(10-22)17-20-6-7-21-17/h4-7,9,12H,2-3,8,10H2,1H3,(H,20,21). The van der Waals surface area contributed by atoms with E-state index in [1.54, 1.807) is 29.4 Å². The highest BCUT2D eigenvalue weighted by Gasteiger charge is 2.28. The predicted octanol–water partition coefficient (Wildman–Crippen LogP) is 3.62. The monoisotopic (exact) mass is 327 g/mol. The van der Waals surface area contributed by atoms with Crippen LogP contribution in [0.4, 0.5) is 4.39 Å². The fraction of sp³-hybridized carbons (Fsp3) is 0.333. The summed E-state index contributed by atoms with van der Waals surface area (Å²) in [5.74, 6) is 0.654. The molecule has 1 aliphatic rings. The van der Waals surface area contributed by atoms with Crippen molar-refractivity contribution >= 4 is 16.9 Å². The number of H-pyrrole nitrogens is 1. The van der Waals surface area contributed by atoms with Crippen LogP contribution in [-0.2, 0) is 0 Å². The molecule has 0 radical (unpaired) electrons. The number of imidazole rings is 1. The number of piperidine rings is 1. The molecule has 1 unspecified atom stereocenters. The summed E-state index contributed by atoms with van der Waals surface area (Å²) in [5.41, 5.74) is 1.04. The minimum atomic E-state index is -0.443. The maximum Gasteiger partial charge on any atom is 0.289 e. The first-order chi connectivity index (χ1) is 11.6. The summed E-state index contributed by atoms with van der Waals surface area (Å²) >= 11 is 0. The first kappa shape index (κ1) is 14.9. The van der Waals surface area contributed by atoms with Crippen LogP contribution in [0.5, 0.6) is 0 Å². The average molecular weight is 327 g/mol. The second-order valence-electron chi connectivity index (χ2n) is 6.28. The number of nitrogens with one attached hydrogen (secondary N) is 1. The third kappa shape index (κ3) is 2.48. The van der Waals surface area contributed by atoms with E-state index in [4.69, 9.17) is 4.42 Å². The van der Waals surface area contributed by atoms with Gasteiger partial charge in [0.1, 0.15) is 5.82 Å². The van der Waals surface area contributed by atoms with E-state index < -0.39 is 5.82 Å². The minimum Gasteiger partial charge on any atom is -0.448 e. The zero-order valence-corrected chi connectivity index (χ0v) is 13.4. The second-order valence-corrected chi connectivity index (χ2v) is 6.28. The van der Waals surface area contributed by atoms with Crippen molar-refractivity contribution in [1.82, 2.24) is 14.9 Å². The highest BCUT2D eigenvalue weighted by atomic mass is 19.1. The number of aromatic nitrogens is 2. The number of amides is 1. The van der Waals surface area contributed by atoms with E-state index in [1.165, 1.54) is 6.07 Å². The largest absolute Gasteiger partial charge is 0.448 e. The number of fused-ring (bicyclic) bond motifs is 1. The molecule has 1 fully saturated rings. The van der Waals surface area contributed by atoms with Crippen molar-refractivity contribution in [3.8, 4) is 0 Å². The fourth-order valence-electron chi connectivity index (χ4n) is 3.37. The van der Waals surface area contributed by atoms with Crippen molar-refractivity contribution < 1.29 is 13.6 Å². The van der Waals surface area contributed by atoms with E-state index in [0.717, 1.165) is 24.2 Å². The summed E-state index contributed by atoms with van der Waals surface area (Å²) in [6.45, 7) is 3.14. The van der Waals surface area contributed by atoms with Crippen molar-refractivity contribution in [3.63, 3.8) is 0 Å².